The van der Waals surface area contributed by atoms with Crippen LogP contribution in [0.15, 0.2) is 36.7 Å². The third kappa shape index (κ3) is 2.92. The number of nitrogens with one attached hydrogen (secondary N) is 1. The highest BCUT2D eigenvalue weighted by molar-refractivity contribution is 6.30. The number of aromatic nitrogens is 2. The summed E-state index contributed by atoms with van der Waals surface area (Å²) in [5.74, 6) is 0. The molecule has 0 bridgehead atoms. The Balaban J connectivity index is 2.19. The van der Waals surface area contributed by atoms with E-state index in [1.165, 1.54) is 5.56 Å². The molecule has 1 N–H and O–H groups in total. The molecular weight excluding hydrogens is 246 g/mol. The van der Waals surface area contributed by atoms with Crippen LogP contribution in [0.1, 0.15) is 31.9 Å². The Kier molecular flexibility index (Phi) is 4.39. The fourth-order valence-corrected chi connectivity index (χ4v) is 2.18. The summed E-state index contributed by atoms with van der Waals surface area (Å²) < 4.78 is 1.78. The van der Waals surface area contributed by atoms with Crippen LogP contribution in [0, 0.1) is 0 Å². The molecule has 1 aromatic heterocycles. The molecule has 0 aliphatic heterocycles. The van der Waals surface area contributed by atoms with E-state index in [0.717, 1.165) is 18.7 Å². The van der Waals surface area contributed by atoms with Gasteiger partial charge in [-0.3, -0.25) is 0 Å². The molecule has 2 aromatic rings. The van der Waals surface area contributed by atoms with E-state index in [-0.39, 0.29) is 0 Å². The van der Waals surface area contributed by atoms with Gasteiger partial charge in [0.25, 0.3) is 0 Å². The van der Waals surface area contributed by atoms with E-state index in [4.69, 9.17) is 11.6 Å². The molecule has 0 aliphatic carbocycles. The number of rotatable bonds is 5. The van der Waals surface area contributed by atoms with Crippen molar-refractivity contribution in [1.82, 2.24) is 15.1 Å². The molecule has 0 saturated carbocycles. The first-order chi connectivity index (χ1) is 8.74. The molecule has 0 aliphatic rings. The Morgan fingerprint density at radius 3 is 2.50 bits per heavy atom. The van der Waals surface area contributed by atoms with Gasteiger partial charge in [-0.05, 0) is 30.7 Å². The molecule has 1 atom stereocenters. The Bertz CT molecular complexity index is 490. The minimum Gasteiger partial charge on any atom is -0.310 e. The van der Waals surface area contributed by atoms with Crippen LogP contribution in [0.25, 0.3) is 5.69 Å². The zero-order chi connectivity index (χ0) is 13.0. The minimum atomic E-state index is 0.422. The number of hydrogen-bond donors (Lipinski definition) is 1. The van der Waals surface area contributed by atoms with Crippen LogP contribution in [-0.2, 0) is 0 Å². The van der Waals surface area contributed by atoms with E-state index >= 15 is 0 Å². The van der Waals surface area contributed by atoms with Crippen LogP contribution in [0.3, 0.4) is 0 Å². The molecule has 1 unspecified atom stereocenters. The summed E-state index contributed by atoms with van der Waals surface area (Å²) in [6.07, 6.45) is 4.53. The third-order valence-electron chi connectivity index (χ3n) is 2.97. The Hall–Kier alpha value is -1.32. The second kappa shape index (κ2) is 6.03. The topological polar surface area (TPSA) is 29.9 Å². The Morgan fingerprint density at radius 2 is 2.00 bits per heavy atom. The van der Waals surface area contributed by atoms with Crippen LogP contribution in [0.4, 0.5) is 0 Å². The van der Waals surface area contributed by atoms with Crippen LogP contribution in [0.2, 0.25) is 5.02 Å². The highest BCUT2D eigenvalue weighted by atomic mass is 35.5. The number of benzene rings is 1. The van der Waals surface area contributed by atoms with Crippen LogP contribution in [0.5, 0.6) is 0 Å². The van der Waals surface area contributed by atoms with Crippen molar-refractivity contribution in [3.05, 3.63) is 47.2 Å². The van der Waals surface area contributed by atoms with Crippen LogP contribution < -0.4 is 5.32 Å². The van der Waals surface area contributed by atoms with E-state index in [1.807, 2.05) is 0 Å². The summed E-state index contributed by atoms with van der Waals surface area (Å²) in [6, 6.07) is 8.84. The van der Waals surface area contributed by atoms with Crippen molar-refractivity contribution in [1.29, 1.82) is 0 Å². The molecule has 0 fully saturated rings. The summed E-state index contributed by atoms with van der Waals surface area (Å²) in [7, 11) is 0. The second-order valence-electron chi connectivity index (χ2n) is 4.21. The predicted molar refractivity (Wildman–Crippen MR) is 75.3 cm³/mol. The molecule has 4 heteroatoms. The lowest BCUT2D eigenvalue weighted by atomic mass is 10.0. The molecule has 3 nitrogen and oxygen atoms in total. The predicted octanol–water partition coefficient (Wildman–Crippen LogP) is 3.59. The first-order valence-corrected chi connectivity index (χ1v) is 6.66. The van der Waals surface area contributed by atoms with E-state index in [1.54, 1.807) is 17.1 Å². The van der Waals surface area contributed by atoms with Gasteiger partial charge >= 0.3 is 0 Å². The molecule has 0 saturated heterocycles. The molecule has 0 radical (unpaired) electrons. The van der Waals surface area contributed by atoms with Gasteiger partial charge in [-0.25, -0.2) is 4.68 Å². The van der Waals surface area contributed by atoms with Crippen molar-refractivity contribution in [2.75, 3.05) is 6.54 Å². The lowest BCUT2D eigenvalue weighted by Gasteiger charge is -2.16. The van der Waals surface area contributed by atoms with Crippen molar-refractivity contribution in [2.24, 2.45) is 0 Å². The van der Waals surface area contributed by atoms with Crippen LogP contribution in [-0.4, -0.2) is 16.3 Å². The molecule has 1 heterocycles. The highest BCUT2D eigenvalue weighted by Crippen LogP contribution is 2.19. The molecule has 2 rings (SSSR count). The van der Waals surface area contributed by atoms with Gasteiger partial charge in [-0.2, -0.15) is 5.10 Å². The smallest absolute Gasteiger partial charge is 0.0790 e. The Labute approximate surface area is 113 Å². The van der Waals surface area contributed by atoms with E-state index in [9.17, 15) is 0 Å². The number of hydrogen-bond acceptors (Lipinski definition) is 2. The van der Waals surface area contributed by atoms with Gasteiger partial charge in [0.05, 0.1) is 16.9 Å². The second-order valence-corrected chi connectivity index (χ2v) is 4.65. The summed E-state index contributed by atoms with van der Waals surface area (Å²) in [4.78, 5) is 0. The first kappa shape index (κ1) is 13.1. The molecular formula is C14H18ClN3. The third-order valence-corrected chi connectivity index (χ3v) is 3.17. The molecule has 0 amide bonds. The molecule has 0 spiro atoms. The maximum absolute atomic E-state index is 5.86. The largest absolute Gasteiger partial charge is 0.310 e. The number of halogens is 1. The van der Waals surface area contributed by atoms with Gasteiger partial charge in [-0.1, -0.05) is 37.6 Å². The SMILES string of the molecule is CCNC(CC)c1ccc(-n2cc(Cl)cn2)cc1. The standard InChI is InChI=1S/C14H18ClN3/c1-3-14(16-4-2)11-5-7-13(8-6-11)18-10-12(15)9-17-18/h5-10,14,16H,3-4H2,1-2H3. The van der Waals surface area contributed by atoms with Gasteiger partial charge < -0.3 is 5.32 Å². The first-order valence-electron chi connectivity index (χ1n) is 6.28. The van der Waals surface area contributed by atoms with Crippen molar-refractivity contribution < 1.29 is 0 Å². The fraction of sp³-hybridized carbons (Fsp3) is 0.357. The quantitative estimate of drug-likeness (QED) is 0.894. The maximum atomic E-state index is 5.86. The zero-order valence-electron chi connectivity index (χ0n) is 10.7. The average Bonchev–Trinajstić information content (AvgIpc) is 2.83. The highest BCUT2D eigenvalue weighted by Gasteiger charge is 2.07. The van der Waals surface area contributed by atoms with Gasteiger partial charge in [-0.15, -0.1) is 0 Å². The lowest BCUT2D eigenvalue weighted by molar-refractivity contribution is 0.537. The van der Waals surface area contributed by atoms with Gasteiger partial charge in [0.15, 0.2) is 0 Å². The molecule has 1 aromatic carbocycles. The molecule has 96 valence electrons. The molecule has 18 heavy (non-hydrogen) atoms. The van der Waals surface area contributed by atoms with E-state index < -0.39 is 0 Å². The van der Waals surface area contributed by atoms with Crippen molar-refractivity contribution in [3.8, 4) is 5.69 Å². The van der Waals surface area contributed by atoms with E-state index in [0.29, 0.717) is 11.1 Å². The summed E-state index contributed by atoms with van der Waals surface area (Å²) in [5.41, 5.74) is 2.33. The maximum Gasteiger partial charge on any atom is 0.0790 e. The van der Waals surface area contributed by atoms with Crippen molar-refractivity contribution >= 4 is 11.6 Å². The minimum absolute atomic E-state index is 0.422. The monoisotopic (exact) mass is 263 g/mol. The number of nitrogens with zero attached hydrogens (tertiary/aromatic N) is 2. The summed E-state index contributed by atoms with van der Waals surface area (Å²) in [6.45, 7) is 5.30. The van der Waals surface area contributed by atoms with Crippen molar-refractivity contribution in [2.45, 2.75) is 26.3 Å². The average molecular weight is 264 g/mol. The summed E-state index contributed by atoms with van der Waals surface area (Å²) in [5, 5.41) is 8.31. The fourth-order valence-electron chi connectivity index (χ4n) is 2.05. The Morgan fingerprint density at radius 1 is 1.28 bits per heavy atom. The van der Waals surface area contributed by atoms with Crippen molar-refractivity contribution in [3.63, 3.8) is 0 Å². The van der Waals surface area contributed by atoms with E-state index in [2.05, 4.69) is 48.5 Å². The van der Waals surface area contributed by atoms with Gasteiger partial charge in [0.1, 0.15) is 0 Å². The summed E-state index contributed by atoms with van der Waals surface area (Å²) >= 11 is 5.86. The zero-order valence-corrected chi connectivity index (χ0v) is 11.5. The van der Waals surface area contributed by atoms with Gasteiger partial charge in [0.2, 0.25) is 0 Å². The normalized spacial score (nSPS) is 12.6. The lowest BCUT2D eigenvalue weighted by Crippen LogP contribution is -2.19. The van der Waals surface area contributed by atoms with Crippen LogP contribution >= 0.6 is 11.6 Å². The van der Waals surface area contributed by atoms with Gasteiger partial charge in [0, 0.05) is 12.2 Å².